The fraction of sp³-hybridized carbons (Fsp3) is 0.467. The second-order valence-corrected chi connectivity index (χ2v) is 5.12. The quantitative estimate of drug-likeness (QED) is 0.630. The summed E-state index contributed by atoms with van der Waals surface area (Å²) in [5.74, 6) is 6.10. The largest absolute Gasteiger partial charge is 0.456 e. The van der Waals surface area contributed by atoms with Gasteiger partial charge in [-0.2, -0.15) is 0 Å². The number of fused-ring (bicyclic) bond motifs is 1. The van der Waals surface area contributed by atoms with Gasteiger partial charge in [0.05, 0.1) is 6.10 Å². The summed E-state index contributed by atoms with van der Waals surface area (Å²) in [5, 5.41) is 0.722. The molecule has 0 bridgehead atoms. The molecule has 2 aromatic rings. The first-order chi connectivity index (χ1) is 9.58. The van der Waals surface area contributed by atoms with Crippen LogP contribution in [-0.2, 0) is 4.74 Å². The zero-order valence-electron chi connectivity index (χ0n) is 12.0. The van der Waals surface area contributed by atoms with Crippen LogP contribution in [0.2, 0.25) is 0 Å². The summed E-state index contributed by atoms with van der Waals surface area (Å²) in [6.07, 6.45) is -0.145. The van der Waals surface area contributed by atoms with Crippen LogP contribution in [0.4, 0.5) is 4.39 Å². The maximum atomic E-state index is 13.7. The highest BCUT2D eigenvalue weighted by atomic mass is 19.1. The van der Waals surface area contributed by atoms with Gasteiger partial charge in [-0.3, -0.25) is 5.84 Å². The molecule has 2 atom stereocenters. The molecule has 0 aliphatic carbocycles. The van der Waals surface area contributed by atoms with Crippen LogP contribution < -0.4 is 11.3 Å². The van der Waals surface area contributed by atoms with E-state index in [1.165, 1.54) is 6.07 Å². The molecule has 0 saturated heterocycles. The van der Waals surface area contributed by atoms with Gasteiger partial charge in [-0.05, 0) is 25.0 Å². The molecule has 0 fully saturated rings. The number of hydrogen-bond acceptors (Lipinski definition) is 4. The number of nitrogens with one attached hydrogen (secondary N) is 1. The molecule has 1 heterocycles. The Kier molecular flexibility index (Phi) is 4.75. The lowest BCUT2D eigenvalue weighted by atomic mass is 9.98. The van der Waals surface area contributed by atoms with Crippen LogP contribution >= 0.6 is 0 Å². The molecule has 0 radical (unpaired) electrons. The minimum absolute atomic E-state index is 0.145. The molecule has 4 nitrogen and oxygen atoms in total. The normalized spacial score (nSPS) is 14.9. The third-order valence-corrected chi connectivity index (χ3v) is 3.35. The van der Waals surface area contributed by atoms with Gasteiger partial charge in [0.25, 0.3) is 0 Å². The fourth-order valence-corrected chi connectivity index (χ4v) is 2.41. The molecule has 2 unspecified atom stereocenters. The Hall–Kier alpha value is -1.43. The molecule has 0 aliphatic heterocycles. The molecule has 0 aliphatic rings. The van der Waals surface area contributed by atoms with Crippen LogP contribution in [0, 0.1) is 11.7 Å². The standard InChI is InChI=1S/C15H21FN2O2/c1-4-19-14(9(2)3)13(18-17)12-8-10-6-5-7-11(16)15(10)20-12/h5-9,13-14,18H,4,17H2,1-3H3. The maximum absolute atomic E-state index is 13.7. The highest BCUT2D eigenvalue weighted by Crippen LogP contribution is 2.30. The lowest BCUT2D eigenvalue weighted by Gasteiger charge is -2.28. The van der Waals surface area contributed by atoms with Crippen molar-refractivity contribution in [2.75, 3.05) is 6.61 Å². The monoisotopic (exact) mass is 280 g/mol. The lowest BCUT2D eigenvalue weighted by Crippen LogP contribution is -2.40. The molecule has 1 aromatic heterocycles. The summed E-state index contributed by atoms with van der Waals surface area (Å²) in [5.41, 5.74) is 2.98. The SMILES string of the molecule is CCOC(C(C)C)C(NN)c1cc2cccc(F)c2o1. The third-order valence-electron chi connectivity index (χ3n) is 3.35. The molecule has 3 N–H and O–H groups in total. The van der Waals surface area contributed by atoms with E-state index in [4.69, 9.17) is 15.0 Å². The zero-order chi connectivity index (χ0) is 14.7. The van der Waals surface area contributed by atoms with Gasteiger partial charge in [-0.1, -0.05) is 26.0 Å². The van der Waals surface area contributed by atoms with E-state index < -0.39 is 0 Å². The van der Waals surface area contributed by atoms with Crippen molar-refractivity contribution < 1.29 is 13.5 Å². The van der Waals surface area contributed by atoms with E-state index in [0.717, 1.165) is 5.39 Å². The van der Waals surface area contributed by atoms with Crippen LogP contribution in [0.5, 0.6) is 0 Å². The molecule has 0 spiro atoms. The molecule has 110 valence electrons. The molecule has 1 aromatic carbocycles. The van der Waals surface area contributed by atoms with Crippen molar-refractivity contribution in [3.63, 3.8) is 0 Å². The first-order valence-corrected chi connectivity index (χ1v) is 6.84. The number of hydrazine groups is 1. The van der Waals surface area contributed by atoms with E-state index in [0.29, 0.717) is 12.4 Å². The van der Waals surface area contributed by atoms with Crippen molar-refractivity contribution in [1.29, 1.82) is 0 Å². The molecular formula is C15H21FN2O2. The maximum Gasteiger partial charge on any atom is 0.169 e. The van der Waals surface area contributed by atoms with Crippen molar-refractivity contribution in [3.05, 3.63) is 35.8 Å². The van der Waals surface area contributed by atoms with Crippen LogP contribution in [0.3, 0.4) is 0 Å². The number of benzene rings is 1. The Labute approximate surface area is 118 Å². The summed E-state index contributed by atoms with van der Waals surface area (Å²) >= 11 is 0. The molecular weight excluding hydrogens is 259 g/mol. The molecule has 0 saturated carbocycles. The summed E-state index contributed by atoms with van der Waals surface area (Å²) in [6.45, 7) is 6.61. The minimum Gasteiger partial charge on any atom is -0.456 e. The van der Waals surface area contributed by atoms with Crippen molar-refractivity contribution in [2.24, 2.45) is 11.8 Å². The van der Waals surface area contributed by atoms with Gasteiger partial charge < -0.3 is 9.15 Å². The second kappa shape index (κ2) is 6.35. The first-order valence-electron chi connectivity index (χ1n) is 6.84. The van der Waals surface area contributed by atoms with Crippen LogP contribution in [-0.4, -0.2) is 12.7 Å². The number of nitrogens with two attached hydrogens (primary N) is 1. The van der Waals surface area contributed by atoms with Gasteiger partial charge >= 0.3 is 0 Å². The van der Waals surface area contributed by atoms with Gasteiger partial charge in [0.2, 0.25) is 0 Å². The van der Waals surface area contributed by atoms with Crippen LogP contribution in [0.1, 0.15) is 32.6 Å². The van der Waals surface area contributed by atoms with Gasteiger partial charge in [-0.25, -0.2) is 9.82 Å². The topological polar surface area (TPSA) is 60.4 Å². The Morgan fingerprint density at radius 3 is 2.70 bits per heavy atom. The van der Waals surface area contributed by atoms with E-state index >= 15 is 0 Å². The Morgan fingerprint density at radius 2 is 2.15 bits per heavy atom. The van der Waals surface area contributed by atoms with Crippen LogP contribution in [0.15, 0.2) is 28.7 Å². The highest BCUT2D eigenvalue weighted by molar-refractivity contribution is 5.78. The summed E-state index contributed by atoms with van der Waals surface area (Å²) in [7, 11) is 0. The van der Waals surface area contributed by atoms with E-state index in [2.05, 4.69) is 5.43 Å². The van der Waals surface area contributed by atoms with Gasteiger partial charge in [-0.15, -0.1) is 0 Å². The van der Waals surface area contributed by atoms with Gasteiger partial charge in [0.15, 0.2) is 11.4 Å². The number of ether oxygens (including phenoxy) is 1. The van der Waals surface area contributed by atoms with E-state index in [-0.39, 0.29) is 29.5 Å². The average molecular weight is 280 g/mol. The van der Waals surface area contributed by atoms with E-state index in [1.54, 1.807) is 12.1 Å². The predicted octanol–water partition coefficient (Wildman–Crippen LogP) is 3.14. The molecule has 2 rings (SSSR count). The second-order valence-electron chi connectivity index (χ2n) is 5.12. The Balaban J connectivity index is 2.40. The lowest BCUT2D eigenvalue weighted by molar-refractivity contribution is -0.00196. The smallest absolute Gasteiger partial charge is 0.169 e. The fourth-order valence-electron chi connectivity index (χ4n) is 2.41. The average Bonchev–Trinajstić information content (AvgIpc) is 2.83. The summed E-state index contributed by atoms with van der Waals surface area (Å²) in [4.78, 5) is 0. The van der Waals surface area contributed by atoms with Crippen LogP contribution in [0.25, 0.3) is 11.0 Å². The third kappa shape index (κ3) is 2.85. The molecule has 0 amide bonds. The number of rotatable bonds is 6. The summed E-state index contributed by atoms with van der Waals surface area (Å²) in [6, 6.07) is 6.33. The number of furan rings is 1. The van der Waals surface area contributed by atoms with Crippen molar-refractivity contribution in [1.82, 2.24) is 5.43 Å². The Morgan fingerprint density at radius 1 is 1.40 bits per heavy atom. The van der Waals surface area contributed by atoms with Crippen molar-refractivity contribution >= 4 is 11.0 Å². The van der Waals surface area contributed by atoms with Crippen molar-refractivity contribution in [2.45, 2.75) is 32.9 Å². The highest BCUT2D eigenvalue weighted by Gasteiger charge is 2.28. The summed E-state index contributed by atoms with van der Waals surface area (Å²) < 4.78 is 25.1. The van der Waals surface area contributed by atoms with E-state index in [1.807, 2.05) is 26.8 Å². The van der Waals surface area contributed by atoms with Gasteiger partial charge in [0, 0.05) is 12.0 Å². The predicted molar refractivity (Wildman–Crippen MR) is 76.5 cm³/mol. The molecule has 20 heavy (non-hydrogen) atoms. The Bertz CT molecular complexity index is 568. The van der Waals surface area contributed by atoms with Crippen molar-refractivity contribution in [3.8, 4) is 0 Å². The number of para-hydroxylation sites is 1. The zero-order valence-corrected chi connectivity index (χ0v) is 12.0. The first kappa shape index (κ1) is 15.0. The van der Waals surface area contributed by atoms with Gasteiger partial charge in [0.1, 0.15) is 11.8 Å². The van der Waals surface area contributed by atoms with E-state index in [9.17, 15) is 4.39 Å². The number of hydrogen-bond donors (Lipinski definition) is 2. The number of halogens is 1. The minimum atomic E-state index is -0.373. The molecule has 5 heteroatoms.